The minimum atomic E-state index is -4.61. The lowest BCUT2D eigenvalue weighted by Gasteiger charge is -2.32. The number of rotatable bonds is 11. The van der Waals surface area contributed by atoms with Crippen LogP contribution in [0.4, 0.5) is 13.2 Å². The fourth-order valence-corrected chi connectivity index (χ4v) is 6.93. The molecule has 0 radical (unpaired) electrons. The summed E-state index contributed by atoms with van der Waals surface area (Å²) >= 11 is 3.06. The molecule has 17 heteroatoms. The molecule has 3 N–H and O–H groups in total. The molecule has 0 spiro atoms. The molecular formula is C26H30BrF3N3O9P. The maximum atomic E-state index is 14.1. The molecule has 1 aromatic carbocycles. The number of nitrogens with zero attached hydrogens (tertiary/aromatic N) is 1. The molecule has 4 atom stereocenters. The van der Waals surface area contributed by atoms with E-state index in [0.29, 0.717) is 12.8 Å². The number of aliphatic hydroxyl groups excluding tert-OH is 1. The number of H-pyrrole nitrogens is 1. The number of nitrogens with one attached hydrogen (secondary N) is 2. The molecule has 12 nitrogen and oxygen atoms in total. The van der Waals surface area contributed by atoms with Crippen LogP contribution in [0.25, 0.3) is 6.08 Å². The van der Waals surface area contributed by atoms with E-state index >= 15 is 0 Å². The number of aromatic amines is 1. The van der Waals surface area contributed by atoms with Crippen molar-refractivity contribution in [3.63, 3.8) is 0 Å². The Morgan fingerprint density at radius 3 is 2.56 bits per heavy atom. The van der Waals surface area contributed by atoms with Gasteiger partial charge in [-0.2, -0.15) is 18.3 Å². The van der Waals surface area contributed by atoms with Crippen molar-refractivity contribution in [2.45, 2.75) is 69.2 Å². The maximum absolute atomic E-state index is 14.1. The fourth-order valence-electron chi connectivity index (χ4n) is 4.91. The van der Waals surface area contributed by atoms with Gasteiger partial charge in [0.05, 0.1) is 30.4 Å². The van der Waals surface area contributed by atoms with Gasteiger partial charge in [0.2, 0.25) is 0 Å². The molecular weight excluding hydrogens is 666 g/mol. The van der Waals surface area contributed by atoms with Gasteiger partial charge >= 0.3 is 25.6 Å². The van der Waals surface area contributed by atoms with Gasteiger partial charge in [-0.15, -0.1) is 0 Å². The van der Waals surface area contributed by atoms with Crippen LogP contribution in [-0.2, 0) is 29.5 Å². The van der Waals surface area contributed by atoms with E-state index < -0.39 is 67.3 Å². The zero-order valence-electron chi connectivity index (χ0n) is 22.8. The molecule has 1 aromatic heterocycles. The number of aliphatic hydroxyl groups is 1. The summed E-state index contributed by atoms with van der Waals surface area (Å²) in [5.74, 6) is -0.922. The van der Waals surface area contributed by atoms with Crippen molar-refractivity contribution in [2.24, 2.45) is 0 Å². The van der Waals surface area contributed by atoms with Crippen LogP contribution < -0.4 is 20.9 Å². The Labute approximate surface area is 251 Å². The normalized spacial score (nSPS) is 23.3. The van der Waals surface area contributed by atoms with Gasteiger partial charge in [0, 0.05) is 12.6 Å². The average Bonchev–Trinajstić information content (AvgIpc) is 3.56. The zero-order chi connectivity index (χ0) is 31.4. The van der Waals surface area contributed by atoms with E-state index in [9.17, 15) is 37.2 Å². The van der Waals surface area contributed by atoms with Gasteiger partial charge in [-0.25, -0.2) is 9.36 Å². The number of hydrogen-bond donors (Lipinski definition) is 3. The zero-order valence-corrected chi connectivity index (χ0v) is 25.3. The predicted molar refractivity (Wildman–Crippen MR) is 150 cm³/mol. The number of aromatic nitrogens is 2. The number of benzene rings is 1. The van der Waals surface area contributed by atoms with Crippen molar-refractivity contribution >= 4 is 35.7 Å². The molecule has 1 saturated carbocycles. The van der Waals surface area contributed by atoms with Gasteiger partial charge in [0.1, 0.15) is 23.6 Å². The number of hydrogen-bond acceptors (Lipinski definition) is 9. The van der Waals surface area contributed by atoms with Gasteiger partial charge in [-0.1, -0.05) is 28.8 Å². The highest BCUT2D eigenvalue weighted by Gasteiger charge is 2.50. The summed E-state index contributed by atoms with van der Waals surface area (Å²) in [6, 6.07) is 3.41. The molecule has 0 amide bonds. The van der Waals surface area contributed by atoms with E-state index in [-0.39, 0.29) is 37.2 Å². The van der Waals surface area contributed by atoms with Crippen LogP contribution in [-0.4, -0.2) is 51.6 Å². The Balaban J connectivity index is 1.57. The third-order valence-electron chi connectivity index (χ3n) is 7.04. The van der Waals surface area contributed by atoms with Crippen LogP contribution in [0.3, 0.4) is 0 Å². The van der Waals surface area contributed by atoms with Gasteiger partial charge in [0.15, 0.2) is 0 Å². The van der Waals surface area contributed by atoms with Crippen LogP contribution in [0, 0.1) is 0 Å². The van der Waals surface area contributed by atoms with Crippen molar-refractivity contribution in [3.05, 3.63) is 67.4 Å². The van der Waals surface area contributed by atoms with Crippen LogP contribution in [0.5, 0.6) is 5.75 Å². The van der Waals surface area contributed by atoms with E-state index in [1.165, 1.54) is 17.3 Å². The Kier molecular flexibility index (Phi) is 10.4. The number of esters is 1. The third-order valence-corrected chi connectivity index (χ3v) is 8.95. The van der Waals surface area contributed by atoms with Crippen molar-refractivity contribution in [1.29, 1.82) is 0 Å². The van der Waals surface area contributed by atoms with E-state index in [2.05, 4.69) is 26.0 Å². The lowest BCUT2D eigenvalue weighted by molar-refractivity contribution is -0.150. The Morgan fingerprint density at radius 1 is 1.28 bits per heavy atom. The molecule has 2 heterocycles. The first-order valence-electron chi connectivity index (χ1n) is 13.3. The summed E-state index contributed by atoms with van der Waals surface area (Å²) in [5, 5.41) is 13.4. The van der Waals surface area contributed by atoms with E-state index in [0.717, 1.165) is 28.8 Å². The minimum absolute atomic E-state index is 0.0495. The highest BCUT2D eigenvalue weighted by Crippen LogP contribution is 2.50. The van der Waals surface area contributed by atoms with Crippen LogP contribution in [0.1, 0.15) is 56.4 Å². The molecule has 43 heavy (non-hydrogen) atoms. The third kappa shape index (κ3) is 7.86. The summed E-state index contributed by atoms with van der Waals surface area (Å²) in [5.41, 5.74) is -3.69. The highest BCUT2D eigenvalue weighted by atomic mass is 79.9. The highest BCUT2D eigenvalue weighted by molar-refractivity contribution is 9.11. The topological polar surface area (TPSA) is 158 Å². The molecule has 2 unspecified atom stereocenters. The molecule has 1 aliphatic heterocycles. The van der Waals surface area contributed by atoms with Crippen molar-refractivity contribution in [1.82, 2.24) is 14.6 Å². The lowest BCUT2D eigenvalue weighted by atomic mass is 10.00. The number of alkyl halides is 3. The second-order valence-electron chi connectivity index (χ2n) is 10.0. The fraction of sp³-hybridized carbons (Fsp3) is 0.500. The number of carbonyl (C=O) groups excluding carboxylic acids is 1. The molecule has 236 valence electrons. The standard InChI is InChI=1S/C26H30BrF3N3O9P/c1-2-39-23(36)25(10-3-4-11-25)32-43(38,42-18-7-5-17(6-8-18)26(28,29)30)40-15-20-19(34)13-21(41-20)33-14-16(9-12-27)22(35)31-24(33)37/h5-9,12,14,19-21,34H,2-4,10-11,13,15H2,1H3,(H,32,38)(H,31,35,37)/b12-9+/t19?,20-,21-,43?/m1/s1. The first-order chi connectivity index (χ1) is 20.3. The van der Waals surface area contributed by atoms with E-state index in [1.54, 1.807) is 6.92 Å². The van der Waals surface area contributed by atoms with Crippen molar-refractivity contribution in [2.75, 3.05) is 13.2 Å². The maximum Gasteiger partial charge on any atom is 0.459 e. The van der Waals surface area contributed by atoms with Gasteiger partial charge in [-0.05, 0) is 55.1 Å². The molecule has 2 aliphatic rings. The largest absolute Gasteiger partial charge is 0.465 e. The first-order valence-corrected chi connectivity index (χ1v) is 15.8. The average molecular weight is 696 g/mol. The molecule has 2 aromatic rings. The molecule has 0 bridgehead atoms. The Morgan fingerprint density at radius 2 is 1.95 bits per heavy atom. The number of halogens is 4. The second kappa shape index (κ2) is 13.5. The van der Waals surface area contributed by atoms with Crippen molar-refractivity contribution < 1.29 is 46.2 Å². The van der Waals surface area contributed by atoms with Crippen molar-refractivity contribution in [3.8, 4) is 5.75 Å². The second-order valence-corrected chi connectivity index (χ2v) is 12.2. The Bertz CT molecular complexity index is 1490. The van der Waals surface area contributed by atoms with Gasteiger partial charge in [-0.3, -0.25) is 23.7 Å². The van der Waals surface area contributed by atoms with Crippen LogP contribution in [0.2, 0.25) is 0 Å². The number of ether oxygens (including phenoxy) is 2. The quantitative estimate of drug-likeness (QED) is 0.229. The summed E-state index contributed by atoms with van der Waals surface area (Å²) in [6.07, 6.45) is -3.78. The van der Waals surface area contributed by atoms with Gasteiger partial charge in [0.25, 0.3) is 5.56 Å². The summed E-state index contributed by atoms with van der Waals surface area (Å²) in [7, 11) is -4.55. The molecule has 2 fully saturated rings. The lowest BCUT2D eigenvalue weighted by Crippen LogP contribution is -2.50. The molecule has 4 rings (SSSR count). The smallest absolute Gasteiger partial charge is 0.459 e. The SMILES string of the molecule is CCOC(=O)C1(NP(=O)(OC[C@H]2O[C@@H](n3cc(/C=C/Br)c(=O)[nH]c3=O)CC2O)Oc2ccc(C(F)(F)F)cc2)CCCC1. The summed E-state index contributed by atoms with van der Waals surface area (Å²) < 4.78 is 76.6. The van der Waals surface area contributed by atoms with E-state index in [4.69, 9.17) is 18.5 Å². The summed E-state index contributed by atoms with van der Waals surface area (Å²) in [6.45, 7) is 1.10. The Hall–Kier alpha value is -2.75. The van der Waals surface area contributed by atoms with Crippen LogP contribution in [0.15, 0.2) is 45.0 Å². The van der Waals surface area contributed by atoms with Gasteiger partial charge < -0.3 is 19.1 Å². The minimum Gasteiger partial charge on any atom is -0.465 e. The summed E-state index contributed by atoms with van der Waals surface area (Å²) in [4.78, 5) is 41.0. The predicted octanol–water partition coefficient (Wildman–Crippen LogP) is 4.24. The first kappa shape index (κ1) is 33.1. The van der Waals surface area contributed by atoms with Crippen LogP contribution >= 0.6 is 23.7 Å². The molecule has 1 aliphatic carbocycles. The van der Waals surface area contributed by atoms with E-state index in [1.807, 2.05) is 0 Å². The molecule has 1 saturated heterocycles. The monoisotopic (exact) mass is 695 g/mol. The number of carbonyl (C=O) groups is 1.